The second kappa shape index (κ2) is 15.0. The molecular formula is C18H31N5O9S. The number of hydrogen-bond acceptors (Lipinski definition) is 9. The van der Waals surface area contributed by atoms with Crippen molar-refractivity contribution in [1.82, 2.24) is 16.0 Å². The fourth-order valence-electron chi connectivity index (χ4n) is 2.47. The Morgan fingerprint density at radius 3 is 1.79 bits per heavy atom. The van der Waals surface area contributed by atoms with Crippen LogP contribution in [-0.4, -0.2) is 93.2 Å². The van der Waals surface area contributed by atoms with Crippen molar-refractivity contribution >= 4 is 47.3 Å². The minimum atomic E-state index is -1.62. The molecule has 0 aromatic heterocycles. The SMILES string of the molecule is CSCCC(NC(=O)C(CCC(=O)O)NC(=O)C(N)C(C)O)C(=O)NC(CC(N)=O)C(=O)O. The Morgan fingerprint density at radius 2 is 1.36 bits per heavy atom. The van der Waals surface area contributed by atoms with Crippen LogP contribution in [0.1, 0.15) is 32.6 Å². The van der Waals surface area contributed by atoms with Crippen LogP contribution in [0.2, 0.25) is 0 Å². The third-order valence-electron chi connectivity index (χ3n) is 4.37. The second-order valence-corrected chi connectivity index (χ2v) is 8.16. The van der Waals surface area contributed by atoms with E-state index in [1.165, 1.54) is 18.7 Å². The van der Waals surface area contributed by atoms with E-state index < -0.39 is 78.7 Å². The first-order chi connectivity index (χ1) is 15.3. The Hall–Kier alpha value is -2.91. The molecule has 0 aromatic rings. The van der Waals surface area contributed by atoms with Crippen LogP contribution in [0, 0.1) is 0 Å². The lowest BCUT2D eigenvalue weighted by atomic mass is 10.1. The molecule has 188 valence electrons. The average Bonchev–Trinajstić information content (AvgIpc) is 2.71. The number of primary amides is 1. The molecule has 15 heteroatoms. The molecule has 33 heavy (non-hydrogen) atoms. The number of rotatable bonds is 16. The molecule has 10 N–H and O–H groups in total. The summed E-state index contributed by atoms with van der Waals surface area (Å²) < 4.78 is 0. The number of nitrogens with one attached hydrogen (secondary N) is 3. The molecule has 0 fully saturated rings. The summed E-state index contributed by atoms with van der Waals surface area (Å²) in [5.41, 5.74) is 10.5. The van der Waals surface area contributed by atoms with Crippen LogP contribution >= 0.6 is 11.8 Å². The van der Waals surface area contributed by atoms with Gasteiger partial charge >= 0.3 is 11.9 Å². The van der Waals surface area contributed by atoms with Gasteiger partial charge in [0.2, 0.25) is 23.6 Å². The van der Waals surface area contributed by atoms with Crippen molar-refractivity contribution in [3.05, 3.63) is 0 Å². The number of aliphatic hydroxyl groups is 1. The molecule has 0 heterocycles. The third-order valence-corrected chi connectivity index (χ3v) is 5.01. The van der Waals surface area contributed by atoms with Crippen molar-refractivity contribution in [2.45, 2.75) is 62.9 Å². The Morgan fingerprint density at radius 1 is 0.879 bits per heavy atom. The predicted octanol–water partition coefficient (Wildman–Crippen LogP) is -3.27. The zero-order chi connectivity index (χ0) is 25.7. The van der Waals surface area contributed by atoms with Crippen LogP contribution in [0.3, 0.4) is 0 Å². The summed E-state index contributed by atoms with van der Waals surface area (Å²) in [5, 5.41) is 34.3. The number of thioether (sulfide) groups is 1. The summed E-state index contributed by atoms with van der Waals surface area (Å²) in [6.45, 7) is 1.25. The van der Waals surface area contributed by atoms with E-state index in [-0.39, 0.29) is 12.8 Å². The smallest absolute Gasteiger partial charge is 0.326 e. The largest absolute Gasteiger partial charge is 0.481 e. The normalized spacial score (nSPS) is 15.3. The fraction of sp³-hybridized carbons (Fsp3) is 0.667. The van der Waals surface area contributed by atoms with E-state index in [2.05, 4.69) is 16.0 Å². The molecule has 0 aliphatic heterocycles. The summed E-state index contributed by atoms with van der Waals surface area (Å²) in [7, 11) is 0. The highest BCUT2D eigenvalue weighted by Gasteiger charge is 2.31. The topological polar surface area (TPSA) is 251 Å². The standard InChI is InChI=1S/C18H31N5O9S/c1-8(24)14(20)17(30)22-9(3-4-13(26)27)15(28)21-10(5-6-33-2)16(29)23-11(18(31)32)7-12(19)25/h8-11,14,24H,3-7,20H2,1-2H3,(H2,19,25)(H,21,28)(H,22,30)(H,23,29)(H,26,27)(H,31,32). The van der Waals surface area contributed by atoms with Crippen LogP contribution in [0.25, 0.3) is 0 Å². The lowest BCUT2D eigenvalue weighted by molar-refractivity contribution is -0.143. The first-order valence-electron chi connectivity index (χ1n) is 9.86. The fourth-order valence-corrected chi connectivity index (χ4v) is 2.95. The summed E-state index contributed by atoms with van der Waals surface area (Å²) in [4.78, 5) is 70.8. The number of hydrogen-bond donors (Lipinski definition) is 8. The number of carbonyl (C=O) groups is 6. The highest BCUT2D eigenvalue weighted by Crippen LogP contribution is 2.06. The van der Waals surface area contributed by atoms with Gasteiger partial charge in [-0.15, -0.1) is 0 Å². The van der Waals surface area contributed by atoms with Crippen molar-refractivity contribution in [2.24, 2.45) is 11.5 Å². The van der Waals surface area contributed by atoms with Gasteiger partial charge in [0.05, 0.1) is 12.5 Å². The van der Waals surface area contributed by atoms with Gasteiger partial charge in [0.15, 0.2) is 0 Å². The van der Waals surface area contributed by atoms with E-state index in [0.717, 1.165) is 0 Å². The van der Waals surface area contributed by atoms with Crippen LogP contribution in [0.5, 0.6) is 0 Å². The van der Waals surface area contributed by atoms with Crippen LogP contribution < -0.4 is 27.4 Å². The molecule has 0 rings (SSSR count). The Bertz CT molecular complexity index is 734. The summed E-state index contributed by atoms with van der Waals surface area (Å²) in [6.07, 6.45) is -0.948. The molecule has 0 bridgehead atoms. The summed E-state index contributed by atoms with van der Waals surface area (Å²) in [6, 6.07) is -5.65. The molecule has 5 unspecified atom stereocenters. The van der Waals surface area contributed by atoms with Crippen molar-refractivity contribution in [3.8, 4) is 0 Å². The molecule has 14 nitrogen and oxygen atoms in total. The molecule has 0 aliphatic rings. The highest BCUT2D eigenvalue weighted by molar-refractivity contribution is 7.98. The van der Waals surface area contributed by atoms with E-state index in [1.54, 1.807) is 6.26 Å². The number of carbonyl (C=O) groups excluding carboxylic acids is 4. The molecule has 0 spiro atoms. The molecule has 0 saturated carbocycles. The van der Waals surface area contributed by atoms with Crippen LogP contribution in [-0.2, 0) is 28.8 Å². The van der Waals surface area contributed by atoms with Gasteiger partial charge in [0, 0.05) is 6.42 Å². The van der Waals surface area contributed by atoms with Crippen LogP contribution in [0.4, 0.5) is 0 Å². The Kier molecular flexibility index (Phi) is 13.7. The number of carboxylic acid groups (broad SMARTS) is 2. The Balaban J connectivity index is 5.54. The minimum Gasteiger partial charge on any atom is -0.481 e. The third kappa shape index (κ3) is 12.1. The van der Waals surface area contributed by atoms with Gasteiger partial charge in [0.25, 0.3) is 0 Å². The number of carboxylic acids is 2. The molecule has 0 radical (unpaired) electrons. The quantitative estimate of drug-likeness (QED) is 0.106. The Labute approximate surface area is 194 Å². The maximum absolute atomic E-state index is 12.8. The molecule has 5 atom stereocenters. The first kappa shape index (κ1) is 30.1. The van der Waals surface area contributed by atoms with Crippen molar-refractivity contribution in [1.29, 1.82) is 0 Å². The molecule has 0 aliphatic carbocycles. The van der Waals surface area contributed by atoms with Gasteiger partial charge in [-0.05, 0) is 31.8 Å². The second-order valence-electron chi connectivity index (χ2n) is 7.17. The van der Waals surface area contributed by atoms with Gasteiger partial charge < -0.3 is 42.7 Å². The van der Waals surface area contributed by atoms with Crippen molar-refractivity contribution < 1.29 is 44.1 Å². The molecule has 0 saturated heterocycles. The van der Waals surface area contributed by atoms with E-state index in [4.69, 9.17) is 21.7 Å². The summed E-state index contributed by atoms with van der Waals surface area (Å²) >= 11 is 1.34. The monoisotopic (exact) mass is 493 g/mol. The number of amides is 4. The van der Waals surface area contributed by atoms with Gasteiger partial charge in [-0.3, -0.25) is 24.0 Å². The van der Waals surface area contributed by atoms with Gasteiger partial charge in [-0.2, -0.15) is 11.8 Å². The van der Waals surface area contributed by atoms with Gasteiger partial charge in [0.1, 0.15) is 24.2 Å². The zero-order valence-electron chi connectivity index (χ0n) is 18.3. The van der Waals surface area contributed by atoms with Crippen molar-refractivity contribution in [3.63, 3.8) is 0 Å². The molecule has 0 aromatic carbocycles. The van der Waals surface area contributed by atoms with E-state index in [9.17, 15) is 33.9 Å². The number of nitrogens with two attached hydrogens (primary N) is 2. The summed E-state index contributed by atoms with van der Waals surface area (Å²) in [5.74, 6) is -6.05. The van der Waals surface area contributed by atoms with E-state index >= 15 is 0 Å². The lowest BCUT2D eigenvalue weighted by Gasteiger charge is -2.25. The zero-order valence-corrected chi connectivity index (χ0v) is 19.1. The maximum Gasteiger partial charge on any atom is 0.326 e. The molecular weight excluding hydrogens is 462 g/mol. The van der Waals surface area contributed by atoms with Crippen LogP contribution in [0.15, 0.2) is 0 Å². The number of aliphatic hydroxyl groups excluding tert-OH is 1. The van der Waals surface area contributed by atoms with E-state index in [1.807, 2.05) is 0 Å². The maximum atomic E-state index is 12.8. The minimum absolute atomic E-state index is 0.0639. The lowest BCUT2D eigenvalue weighted by Crippen LogP contribution is -2.58. The average molecular weight is 494 g/mol. The van der Waals surface area contributed by atoms with Crippen molar-refractivity contribution in [2.75, 3.05) is 12.0 Å². The van der Waals surface area contributed by atoms with Gasteiger partial charge in [-0.1, -0.05) is 0 Å². The number of aliphatic carboxylic acids is 2. The molecule has 4 amide bonds. The highest BCUT2D eigenvalue weighted by atomic mass is 32.2. The van der Waals surface area contributed by atoms with E-state index in [0.29, 0.717) is 5.75 Å². The van der Waals surface area contributed by atoms with Gasteiger partial charge in [-0.25, -0.2) is 4.79 Å². The predicted molar refractivity (Wildman–Crippen MR) is 117 cm³/mol. The first-order valence-corrected chi connectivity index (χ1v) is 11.3.